The van der Waals surface area contributed by atoms with Gasteiger partial charge in [-0.2, -0.15) is 13.2 Å². The molecule has 1 aromatic carbocycles. The minimum absolute atomic E-state index is 0.00157. The van der Waals surface area contributed by atoms with Crippen LogP contribution in [0.1, 0.15) is 50.1 Å². The van der Waals surface area contributed by atoms with Crippen molar-refractivity contribution in [2.24, 2.45) is 0 Å². The number of rotatable bonds is 7. The Kier molecular flexibility index (Phi) is 7.97. The zero-order valence-corrected chi connectivity index (χ0v) is 24.7. The first-order chi connectivity index (χ1) is 21.1. The van der Waals surface area contributed by atoms with E-state index in [1.165, 1.54) is 25.4 Å². The number of nitrogens with zero attached hydrogens (tertiary/aromatic N) is 5. The highest BCUT2D eigenvalue weighted by Gasteiger charge is 2.48. The van der Waals surface area contributed by atoms with E-state index in [2.05, 4.69) is 25.3 Å². The Morgan fingerprint density at radius 1 is 1.05 bits per heavy atom. The van der Waals surface area contributed by atoms with Gasteiger partial charge in [-0.1, -0.05) is 18.6 Å². The lowest BCUT2D eigenvalue weighted by molar-refractivity contribution is -0.152. The molecule has 1 aliphatic heterocycles. The van der Waals surface area contributed by atoms with Crippen molar-refractivity contribution >= 4 is 28.4 Å². The summed E-state index contributed by atoms with van der Waals surface area (Å²) < 4.78 is 52.1. The molecule has 0 radical (unpaired) electrons. The molecule has 230 valence electrons. The predicted octanol–water partition coefficient (Wildman–Crippen LogP) is 6.05. The maximum absolute atomic E-state index is 13.8. The Hall–Kier alpha value is -4.16. The maximum Gasteiger partial charge on any atom is 0.418 e. The minimum atomic E-state index is -4.59. The topological polar surface area (TPSA) is 102 Å². The van der Waals surface area contributed by atoms with E-state index in [4.69, 9.17) is 9.47 Å². The van der Waals surface area contributed by atoms with Crippen molar-refractivity contribution in [1.29, 1.82) is 0 Å². The first-order valence-electron chi connectivity index (χ1n) is 14.6. The Morgan fingerprint density at radius 2 is 1.77 bits per heavy atom. The summed E-state index contributed by atoms with van der Waals surface area (Å²) in [7, 11) is 1.50. The average Bonchev–Trinajstić information content (AvgIpc) is 2.96. The number of halogens is 3. The molecule has 4 aromatic rings. The minimum Gasteiger partial charge on any atom is -0.377 e. The number of carbonyl (C=O) groups excluding carboxylic acids is 1. The summed E-state index contributed by atoms with van der Waals surface area (Å²) in [6.07, 6.45) is -0.697. The second-order valence-electron chi connectivity index (χ2n) is 11.5. The molecule has 4 heterocycles. The number of pyridine rings is 2. The molecule has 44 heavy (non-hydrogen) atoms. The van der Waals surface area contributed by atoms with Crippen LogP contribution in [0.4, 0.5) is 24.7 Å². The van der Waals surface area contributed by atoms with Gasteiger partial charge in [0.05, 0.1) is 34.3 Å². The van der Waals surface area contributed by atoms with Crippen LogP contribution < -0.4 is 5.32 Å². The smallest absolute Gasteiger partial charge is 0.377 e. The standard InChI is InChI=1S/C32H33F3N6O3/c1-19-16-41(17-20(2)44-19)30(42)31(13-5-14-31)21-7-9-22(10-8-21)37-28-23-11-12-25(38-29(23)40-26(39-28)18-43-3)27-24(32(33,34)35)6-4-15-36-27/h4,6-12,15,19-20H,5,13-14,16-18H2,1-3H3,(H,37,38,39,40). The molecule has 2 aliphatic rings. The van der Waals surface area contributed by atoms with Crippen LogP contribution >= 0.6 is 0 Å². The van der Waals surface area contributed by atoms with E-state index in [9.17, 15) is 18.0 Å². The van der Waals surface area contributed by atoms with Gasteiger partial charge in [-0.25, -0.2) is 15.0 Å². The summed E-state index contributed by atoms with van der Waals surface area (Å²) in [6, 6.07) is 13.1. The number of anilines is 2. The number of methoxy groups -OCH3 is 1. The third-order valence-electron chi connectivity index (χ3n) is 8.26. The van der Waals surface area contributed by atoms with E-state index >= 15 is 0 Å². The Bertz CT molecular complexity index is 1670. The lowest BCUT2D eigenvalue weighted by Crippen LogP contribution is -2.56. The third kappa shape index (κ3) is 5.71. The Balaban J connectivity index is 1.30. The maximum atomic E-state index is 13.8. The first-order valence-corrected chi connectivity index (χ1v) is 14.6. The molecule has 3 aromatic heterocycles. The second-order valence-corrected chi connectivity index (χ2v) is 11.5. The molecule has 1 aliphatic carbocycles. The third-order valence-corrected chi connectivity index (χ3v) is 8.26. The molecule has 2 fully saturated rings. The van der Waals surface area contributed by atoms with Crippen LogP contribution in [0.3, 0.4) is 0 Å². The highest BCUT2D eigenvalue weighted by molar-refractivity contribution is 5.91. The van der Waals surface area contributed by atoms with E-state index in [1.807, 2.05) is 43.0 Å². The molecule has 2 atom stereocenters. The van der Waals surface area contributed by atoms with Gasteiger partial charge >= 0.3 is 6.18 Å². The van der Waals surface area contributed by atoms with Gasteiger partial charge in [0.15, 0.2) is 11.5 Å². The molecular formula is C32H33F3N6O3. The van der Waals surface area contributed by atoms with Gasteiger partial charge in [0, 0.05) is 32.1 Å². The fourth-order valence-corrected chi connectivity index (χ4v) is 6.13. The summed E-state index contributed by atoms with van der Waals surface area (Å²) in [5, 5.41) is 3.82. The first kappa shape index (κ1) is 29.9. The molecule has 2 unspecified atom stereocenters. The molecule has 12 heteroatoms. The summed E-state index contributed by atoms with van der Waals surface area (Å²) in [6.45, 7) is 5.24. The van der Waals surface area contributed by atoms with Gasteiger partial charge in [0.2, 0.25) is 5.91 Å². The van der Waals surface area contributed by atoms with E-state index in [1.54, 1.807) is 6.07 Å². The van der Waals surface area contributed by atoms with E-state index in [0.717, 1.165) is 36.6 Å². The number of nitrogens with one attached hydrogen (secondary N) is 1. The molecule has 1 saturated heterocycles. The van der Waals surface area contributed by atoms with Crippen molar-refractivity contribution in [3.63, 3.8) is 0 Å². The van der Waals surface area contributed by atoms with E-state index < -0.39 is 17.2 Å². The number of ether oxygens (including phenoxy) is 2. The molecule has 1 N–H and O–H groups in total. The molecule has 1 saturated carbocycles. The fraction of sp³-hybridized carbons (Fsp3) is 0.406. The fourth-order valence-electron chi connectivity index (χ4n) is 6.13. The van der Waals surface area contributed by atoms with Crippen molar-refractivity contribution in [3.8, 4) is 11.4 Å². The molecule has 9 nitrogen and oxygen atoms in total. The van der Waals surface area contributed by atoms with Crippen molar-refractivity contribution in [3.05, 3.63) is 71.7 Å². The van der Waals surface area contributed by atoms with Gasteiger partial charge in [-0.05, 0) is 68.7 Å². The van der Waals surface area contributed by atoms with Gasteiger partial charge in [0.25, 0.3) is 0 Å². The number of hydrogen-bond acceptors (Lipinski definition) is 8. The van der Waals surface area contributed by atoms with Gasteiger partial charge in [0.1, 0.15) is 18.1 Å². The lowest BCUT2D eigenvalue weighted by Gasteiger charge is -2.46. The highest BCUT2D eigenvalue weighted by Crippen LogP contribution is 2.46. The van der Waals surface area contributed by atoms with Crippen LogP contribution in [-0.4, -0.2) is 63.2 Å². The van der Waals surface area contributed by atoms with Crippen molar-refractivity contribution < 1.29 is 27.4 Å². The number of alkyl halides is 3. The molecular weight excluding hydrogens is 573 g/mol. The van der Waals surface area contributed by atoms with Gasteiger partial charge in [-0.3, -0.25) is 9.78 Å². The van der Waals surface area contributed by atoms with Gasteiger partial charge < -0.3 is 19.7 Å². The average molecular weight is 607 g/mol. The predicted molar refractivity (Wildman–Crippen MR) is 158 cm³/mol. The molecule has 0 bridgehead atoms. The van der Waals surface area contributed by atoms with E-state index in [-0.39, 0.29) is 41.8 Å². The number of fused-ring (bicyclic) bond motifs is 1. The number of hydrogen-bond donors (Lipinski definition) is 1. The second kappa shape index (κ2) is 11.7. The van der Waals surface area contributed by atoms with Crippen LogP contribution in [0.2, 0.25) is 0 Å². The monoisotopic (exact) mass is 606 g/mol. The van der Waals surface area contributed by atoms with E-state index in [0.29, 0.717) is 30.1 Å². The quantitative estimate of drug-likeness (QED) is 0.271. The number of benzene rings is 1. The molecule has 0 spiro atoms. The number of amides is 1. The summed E-state index contributed by atoms with van der Waals surface area (Å²) >= 11 is 0. The van der Waals surface area contributed by atoms with Crippen LogP contribution in [0.5, 0.6) is 0 Å². The highest BCUT2D eigenvalue weighted by atomic mass is 19.4. The van der Waals surface area contributed by atoms with Crippen LogP contribution in [0.25, 0.3) is 22.4 Å². The largest absolute Gasteiger partial charge is 0.418 e. The number of morpholine rings is 1. The van der Waals surface area contributed by atoms with Crippen molar-refractivity contribution in [2.45, 2.75) is 63.5 Å². The summed E-state index contributed by atoms with van der Waals surface area (Å²) in [4.78, 5) is 33.2. The molecule has 6 rings (SSSR count). The van der Waals surface area contributed by atoms with Crippen LogP contribution in [0, 0.1) is 0 Å². The zero-order valence-electron chi connectivity index (χ0n) is 24.7. The normalized spacial score (nSPS) is 19.9. The lowest BCUT2D eigenvalue weighted by atomic mass is 9.63. The van der Waals surface area contributed by atoms with Gasteiger partial charge in [-0.15, -0.1) is 0 Å². The Labute approximate surface area is 252 Å². The summed E-state index contributed by atoms with van der Waals surface area (Å²) in [5.41, 5.74) is 0.250. The van der Waals surface area contributed by atoms with Crippen molar-refractivity contribution in [1.82, 2.24) is 24.8 Å². The number of aromatic nitrogens is 4. The molecule has 1 amide bonds. The van der Waals surface area contributed by atoms with Crippen molar-refractivity contribution in [2.75, 3.05) is 25.5 Å². The van der Waals surface area contributed by atoms with Crippen LogP contribution in [-0.2, 0) is 32.5 Å². The number of carbonyl (C=O) groups is 1. The SMILES string of the molecule is COCc1nc(Nc2ccc(C3(C(=O)N4CC(C)OC(C)C4)CCC3)cc2)c2ccc(-c3ncccc3C(F)(F)F)nc2n1. The van der Waals surface area contributed by atoms with Crippen LogP contribution in [0.15, 0.2) is 54.7 Å². The summed E-state index contributed by atoms with van der Waals surface area (Å²) in [5.74, 6) is 0.895. The Morgan fingerprint density at radius 3 is 2.41 bits per heavy atom. The zero-order chi connectivity index (χ0) is 31.1.